The number of ether oxygens (including phenoxy) is 1. The third-order valence-corrected chi connectivity index (χ3v) is 3.83. The van der Waals surface area contributed by atoms with Crippen molar-refractivity contribution >= 4 is 50.0 Å². The predicted molar refractivity (Wildman–Crippen MR) is 81.6 cm³/mol. The van der Waals surface area contributed by atoms with Crippen molar-refractivity contribution in [1.82, 2.24) is 9.97 Å². The summed E-state index contributed by atoms with van der Waals surface area (Å²) in [5.41, 5.74) is 0.652. The van der Waals surface area contributed by atoms with Gasteiger partial charge in [0.25, 0.3) is 5.56 Å². The number of nitrogens with zero attached hydrogens (tertiary/aromatic N) is 1. The number of benzene rings is 1. The van der Waals surface area contributed by atoms with Crippen LogP contribution < -0.4 is 15.6 Å². The van der Waals surface area contributed by atoms with E-state index in [1.807, 2.05) is 40.8 Å². The van der Waals surface area contributed by atoms with Crippen molar-refractivity contribution in [2.45, 2.75) is 0 Å². The van der Waals surface area contributed by atoms with Crippen molar-refractivity contribution < 1.29 is 4.74 Å². The first-order valence-electron chi connectivity index (χ1n) is 4.95. The third-order valence-electron chi connectivity index (χ3n) is 2.21. The minimum atomic E-state index is -0.166. The van der Waals surface area contributed by atoms with Crippen LogP contribution in [0.4, 0.5) is 11.5 Å². The van der Waals surface area contributed by atoms with Gasteiger partial charge >= 0.3 is 0 Å². The fourth-order valence-corrected chi connectivity index (χ4v) is 2.32. The Balaban J connectivity index is 2.32. The highest BCUT2D eigenvalue weighted by atomic mass is 127. The van der Waals surface area contributed by atoms with Gasteiger partial charge in [-0.05, 0) is 56.7 Å². The molecule has 0 spiro atoms. The van der Waals surface area contributed by atoms with Gasteiger partial charge < -0.3 is 15.0 Å². The second-order valence-corrected chi connectivity index (χ2v) is 5.30. The quantitative estimate of drug-likeness (QED) is 0.748. The third kappa shape index (κ3) is 2.83. The molecule has 2 rings (SSSR count). The smallest absolute Gasteiger partial charge is 0.266 e. The number of nitrogens with one attached hydrogen (secondary N) is 2. The number of rotatable bonds is 3. The molecule has 0 fully saturated rings. The van der Waals surface area contributed by atoms with Gasteiger partial charge in [0.05, 0.1) is 17.9 Å². The molecular weight excluding hydrogens is 413 g/mol. The molecule has 18 heavy (non-hydrogen) atoms. The van der Waals surface area contributed by atoms with E-state index < -0.39 is 0 Å². The van der Waals surface area contributed by atoms with Crippen LogP contribution in [0.15, 0.2) is 33.8 Å². The van der Waals surface area contributed by atoms with E-state index in [1.54, 1.807) is 7.11 Å². The molecular formula is C11H9BrIN3O2. The van der Waals surface area contributed by atoms with Gasteiger partial charge in [-0.15, -0.1) is 0 Å². The molecule has 0 bridgehead atoms. The molecule has 5 nitrogen and oxygen atoms in total. The minimum Gasteiger partial charge on any atom is -0.496 e. The Hall–Kier alpha value is -1.09. The Morgan fingerprint density at radius 1 is 1.50 bits per heavy atom. The van der Waals surface area contributed by atoms with E-state index in [9.17, 15) is 4.79 Å². The molecule has 1 aromatic heterocycles. The topological polar surface area (TPSA) is 67.0 Å². The SMILES string of the molecule is COc1ccc(Nc2nc[nH]c(=O)c2I)cc1Br. The number of hydrogen-bond donors (Lipinski definition) is 2. The molecule has 0 aliphatic carbocycles. The molecule has 0 unspecified atom stereocenters. The molecule has 2 aromatic rings. The van der Waals surface area contributed by atoms with E-state index in [0.29, 0.717) is 9.39 Å². The van der Waals surface area contributed by atoms with Crippen LogP contribution in [0.3, 0.4) is 0 Å². The second kappa shape index (κ2) is 5.70. The first kappa shape index (κ1) is 13.3. The van der Waals surface area contributed by atoms with E-state index in [1.165, 1.54) is 6.33 Å². The number of methoxy groups -OCH3 is 1. The highest BCUT2D eigenvalue weighted by Gasteiger charge is 2.07. The van der Waals surface area contributed by atoms with Gasteiger partial charge in [-0.2, -0.15) is 0 Å². The minimum absolute atomic E-state index is 0.166. The Morgan fingerprint density at radius 3 is 2.94 bits per heavy atom. The van der Waals surface area contributed by atoms with E-state index in [4.69, 9.17) is 4.74 Å². The van der Waals surface area contributed by atoms with Crippen LogP contribution in [0.25, 0.3) is 0 Å². The average molecular weight is 422 g/mol. The summed E-state index contributed by atoms with van der Waals surface area (Å²) in [5, 5.41) is 3.08. The lowest BCUT2D eigenvalue weighted by atomic mass is 10.3. The molecule has 0 amide bonds. The van der Waals surface area contributed by atoms with Crippen LogP contribution >= 0.6 is 38.5 Å². The first-order valence-corrected chi connectivity index (χ1v) is 6.82. The molecule has 7 heteroatoms. The van der Waals surface area contributed by atoms with E-state index in [2.05, 4.69) is 31.2 Å². The Bertz CT molecular complexity index is 630. The standard InChI is InChI=1S/C11H9BrIN3O2/c1-18-8-3-2-6(4-7(8)12)16-10-9(13)11(17)15-5-14-10/h2-5H,1H3,(H2,14,15,16,17). The Morgan fingerprint density at radius 2 is 2.28 bits per heavy atom. The van der Waals surface area contributed by atoms with Gasteiger partial charge in [0.1, 0.15) is 9.32 Å². The molecule has 0 aliphatic heterocycles. The van der Waals surface area contributed by atoms with Gasteiger partial charge in [0.2, 0.25) is 0 Å². The number of anilines is 2. The summed E-state index contributed by atoms with van der Waals surface area (Å²) in [4.78, 5) is 18.0. The van der Waals surface area contributed by atoms with Crippen molar-refractivity contribution in [2.24, 2.45) is 0 Å². The van der Waals surface area contributed by atoms with Crippen molar-refractivity contribution in [1.29, 1.82) is 0 Å². The van der Waals surface area contributed by atoms with Crippen molar-refractivity contribution in [2.75, 3.05) is 12.4 Å². The molecule has 1 aromatic carbocycles. The maximum Gasteiger partial charge on any atom is 0.266 e. The molecule has 0 radical (unpaired) electrons. The molecule has 0 saturated heterocycles. The summed E-state index contributed by atoms with van der Waals surface area (Å²) < 4.78 is 6.49. The summed E-state index contributed by atoms with van der Waals surface area (Å²) in [7, 11) is 1.61. The zero-order chi connectivity index (χ0) is 13.1. The molecule has 1 heterocycles. The monoisotopic (exact) mass is 421 g/mol. The normalized spacial score (nSPS) is 10.2. The number of halogens is 2. The molecule has 94 valence electrons. The number of H-pyrrole nitrogens is 1. The van der Waals surface area contributed by atoms with Gasteiger partial charge in [0, 0.05) is 5.69 Å². The first-order chi connectivity index (χ1) is 8.61. The van der Waals surface area contributed by atoms with E-state index >= 15 is 0 Å². The zero-order valence-electron chi connectivity index (χ0n) is 9.33. The lowest BCUT2D eigenvalue weighted by Crippen LogP contribution is -2.12. The summed E-state index contributed by atoms with van der Waals surface area (Å²) in [6.07, 6.45) is 1.37. The molecule has 0 aliphatic rings. The van der Waals surface area contributed by atoms with Crippen LogP contribution in [-0.2, 0) is 0 Å². The molecule has 0 saturated carbocycles. The van der Waals surface area contributed by atoms with Crippen LogP contribution in [0, 0.1) is 3.57 Å². The van der Waals surface area contributed by atoms with Crippen molar-refractivity contribution in [3.8, 4) is 5.75 Å². The Kier molecular flexibility index (Phi) is 4.23. The van der Waals surface area contributed by atoms with E-state index in [0.717, 1.165) is 15.9 Å². The second-order valence-electron chi connectivity index (χ2n) is 3.37. The number of hydrogen-bond acceptors (Lipinski definition) is 4. The van der Waals surface area contributed by atoms with E-state index in [-0.39, 0.29) is 5.56 Å². The van der Waals surface area contributed by atoms with Crippen molar-refractivity contribution in [3.05, 3.63) is 42.9 Å². The fourth-order valence-electron chi connectivity index (χ4n) is 1.35. The molecule has 2 N–H and O–H groups in total. The number of aromatic amines is 1. The van der Waals surface area contributed by atoms with Crippen LogP contribution in [0.5, 0.6) is 5.75 Å². The van der Waals surface area contributed by atoms with Crippen LogP contribution in [0.1, 0.15) is 0 Å². The number of aromatic nitrogens is 2. The lowest BCUT2D eigenvalue weighted by molar-refractivity contribution is 0.412. The Labute approximate surface area is 125 Å². The largest absolute Gasteiger partial charge is 0.496 e. The average Bonchev–Trinajstić information content (AvgIpc) is 2.35. The van der Waals surface area contributed by atoms with Crippen LogP contribution in [-0.4, -0.2) is 17.1 Å². The summed E-state index contributed by atoms with van der Waals surface area (Å²) in [5.74, 6) is 1.27. The summed E-state index contributed by atoms with van der Waals surface area (Å²) >= 11 is 5.35. The maximum absolute atomic E-state index is 11.4. The van der Waals surface area contributed by atoms with Gasteiger partial charge in [-0.3, -0.25) is 4.79 Å². The fraction of sp³-hybridized carbons (Fsp3) is 0.0909. The highest BCUT2D eigenvalue weighted by molar-refractivity contribution is 14.1. The summed E-state index contributed by atoms with van der Waals surface area (Å²) in [6.45, 7) is 0. The maximum atomic E-state index is 11.4. The van der Waals surface area contributed by atoms with Gasteiger partial charge in [0.15, 0.2) is 5.82 Å². The predicted octanol–water partition coefficient (Wildman–Crippen LogP) is 2.89. The van der Waals surface area contributed by atoms with Crippen LogP contribution in [0.2, 0.25) is 0 Å². The molecule has 0 atom stereocenters. The van der Waals surface area contributed by atoms with Gasteiger partial charge in [-0.25, -0.2) is 4.98 Å². The highest BCUT2D eigenvalue weighted by Crippen LogP contribution is 2.29. The zero-order valence-corrected chi connectivity index (χ0v) is 13.1. The summed E-state index contributed by atoms with van der Waals surface area (Å²) in [6, 6.07) is 5.53. The lowest BCUT2D eigenvalue weighted by Gasteiger charge is -2.09. The van der Waals surface area contributed by atoms with Crippen molar-refractivity contribution in [3.63, 3.8) is 0 Å². The van der Waals surface area contributed by atoms with Gasteiger partial charge in [-0.1, -0.05) is 0 Å².